The van der Waals surface area contributed by atoms with Crippen LogP contribution >= 0.6 is 0 Å². The Morgan fingerprint density at radius 1 is 0.631 bits per heavy atom. The van der Waals surface area contributed by atoms with Gasteiger partial charge in [0.15, 0.2) is 11.6 Å². The van der Waals surface area contributed by atoms with Crippen LogP contribution in [0.15, 0.2) is 30.3 Å². The van der Waals surface area contributed by atoms with Gasteiger partial charge in [-0.25, -0.2) is 14.4 Å². The van der Waals surface area contributed by atoms with Crippen LogP contribution in [-0.2, 0) is 97.2 Å². The number of likely N-dealkylation sites (tertiary alicyclic amines) is 1. The molecule has 1 aliphatic heterocycles. The van der Waals surface area contributed by atoms with E-state index in [0.717, 1.165) is 5.56 Å². The Labute approximate surface area is 655 Å². The number of carboxylic acids is 1. The molecule has 12 atom stereocenters. The van der Waals surface area contributed by atoms with E-state index >= 15 is 0 Å². The monoisotopic (exact) mass is 1570 g/mol. The van der Waals surface area contributed by atoms with Crippen molar-refractivity contribution in [3.63, 3.8) is 0 Å². The van der Waals surface area contributed by atoms with Crippen molar-refractivity contribution in [2.45, 2.75) is 232 Å². The molecule has 0 bridgehead atoms. The molecule has 0 radical (unpaired) electrons. The van der Waals surface area contributed by atoms with Gasteiger partial charge in [-0.2, -0.15) is 0 Å². The molecule has 0 aromatic heterocycles. The normalized spacial score (nSPS) is 16.1. The second-order valence-electron chi connectivity index (χ2n) is 30.1. The number of carbonyl (C=O) groups excluding carboxylic acids is 13. The molecule has 0 spiro atoms. The van der Waals surface area contributed by atoms with Crippen LogP contribution in [0.3, 0.4) is 0 Å². The molecule has 0 aliphatic carbocycles. The predicted octanol–water partition coefficient (Wildman–Crippen LogP) is 1.32. The summed E-state index contributed by atoms with van der Waals surface area (Å²) in [6, 6.07) is 1.50. The second kappa shape index (κ2) is 50.7. The van der Waals surface area contributed by atoms with Crippen molar-refractivity contribution < 1.29 is 101 Å². The van der Waals surface area contributed by atoms with Gasteiger partial charge in [-0.1, -0.05) is 85.2 Å². The van der Waals surface area contributed by atoms with Crippen molar-refractivity contribution in [2.24, 2.45) is 23.7 Å². The van der Waals surface area contributed by atoms with E-state index in [1.54, 1.807) is 49.8 Å². The van der Waals surface area contributed by atoms with Crippen LogP contribution in [0.4, 0.5) is 4.79 Å². The molecule has 1 aromatic rings. The van der Waals surface area contributed by atoms with Crippen molar-refractivity contribution in [3.8, 4) is 0 Å². The molecule has 630 valence electrons. The molecule has 1 aromatic carbocycles. The number of ether oxygens (including phenoxy) is 6. The highest BCUT2D eigenvalue weighted by molar-refractivity contribution is 5.94. The summed E-state index contributed by atoms with van der Waals surface area (Å²) in [5.74, 6) is -8.65. The van der Waals surface area contributed by atoms with Crippen LogP contribution in [0.2, 0.25) is 0 Å². The highest BCUT2D eigenvalue weighted by Gasteiger charge is 2.44. The fourth-order valence-corrected chi connectivity index (χ4v) is 12.9. The van der Waals surface area contributed by atoms with Crippen molar-refractivity contribution in [1.82, 2.24) is 67.9 Å². The molecule has 2 rings (SSSR count). The highest BCUT2D eigenvalue weighted by atomic mass is 16.6. The van der Waals surface area contributed by atoms with Crippen molar-refractivity contribution in [1.29, 1.82) is 0 Å². The van der Waals surface area contributed by atoms with Crippen LogP contribution in [0.25, 0.3) is 0 Å². The number of methoxy groups -OCH3 is 3. The summed E-state index contributed by atoms with van der Waals surface area (Å²) in [6.07, 6.45) is -1.82. The van der Waals surface area contributed by atoms with E-state index in [1.807, 2.05) is 85.7 Å². The molecule has 111 heavy (non-hydrogen) atoms. The van der Waals surface area contributed by atoms with E-state index in [0.29, 0.717) is 32.4 Å². The summed E-state index contributed by atoms with van der Waals surface area (Å²) in [5.41, 5.74) is -1.86. The minimum atomic E-state index is -1.56. The maximum Gasteiger partial charge on any atom is 0.407 e. The number of carboxylic acid groups (broad SMARTS) is 1. The number of esters is 1. The van der Waals surface area contributed by atoms with Gasteiger partial charge in [-0.05, 0) is 105 Å². The zero-order valence-corrected chi connectivity index (χ0v) is 69.0. The lowest BCUT2D eigenvalue weighted by atomic mass is 9.89. The number of likely N-dealkylation sites (N-methyl/N-ethyl adjacent to an activating group) is 2. The number of carbonyl (C=O) groups is 14. The van der Waals surface area contributed by atoms with Gasteiger partial charge in [0.2, 0.25) is 53.2 Å². The number of aliphatic carboxylic acids is 1. The Morgan fingerprint density at radius 2 is 1.27 bits per heavy atom. The summed E-state index contributed by atoms with van der Waals surface area (Å²) in [7, 11) is 9.73. The minimum Gasteiger partial charge on any atom is -0.480 e. The number of rotatable bonds is 55. The number of nitrogens with one attached hydrogen (secondary N) is 10. The van der Waals surface area contributed by atoms with E-state index < -0.39 is 157 Å². The number of nitrogens with zero attached hydrogens (tertiary/aromatic N) is 3. The zero-order chi connectivity index (χ0) is 83.9. The first-order valence-electron chi connectivity index (χ1n) is 38.5. The van der Waals surface area contributed by atoms with Gasteiger partial charge in [-0.3, -0.25) is 68.3 Å². The van der Waals surface area contributed by atoms with Crippen LogP contribution in [0.5, 0.6) is 0 Å². The molecule has 1 aliphatic rings. The van der Waals surface area contributed by atoms with E-state index in [-0.39, 0.29) is 132 Å². The van der Waals surface area contributed by atoms with Crippen LogP contribution in [-0.4, -0.2) is 289 Å². The third-order valence-corrected chi connectivity index (χ3v) is 19.6. The largest absolute Gasteiger partial charge is 0.480 e. The third kappa shape index (κ3) is 34.7. The Morgan fingerprint density at radius 3 is 1.86 bits per heavy atom. The van der Waals surface area contributed by atoms with Gasteiger partial charge in [0.05, 0.1) is 80.1 Å². The number of benzene rings is 1. The third-order valence-electron chi connectivity index (χ3n) is 19.6. The van der Waals surface area contributed by atoms with Gasteiger partial charge >= 0.3 is 18.0 Å². The van der Waals surface area contributed by atoms with Crippen molar-refractivity contribution in [2.75, 3.05) is 115 Å². The first kappa shape index (κ1) is 98.8. The lowest BCUT2D eigenvalue weighted by Crippen LogP contribution is -2.61. The molecule has 10 amide bonds. The van der Waals surface area contributed by atoms with Crippen LogP contribution in [0, 0.1) is 23.7 Å². The molecule has 34 heteroatoms. The lowest BCUT2D eigenvalue weighted by molar-refractivity contribution is -0.148. The molecule has 0 saturated carbocycles. The topological polar surface area (TPSA) is 445 Å². The van der Waals surface area contributed by atoms with E-state index in [1.165, 1.54) is 42.1 Å². The Hall–Kier alpha value is -8.28. The molecule has 34 nitrogen and oxygen atoms in total. The maximum atomic E-state index is 14.6. The first-order chi connectivity index (χ1) is 52.2. The fraction of sp³-hybridized carbons (Fsp3) is 0.740. The summed E-state index contributed by atoms with van der Waals surface area (Å²) >= 11 is 0. The van der Waals surface area contributed by atoms with Crippen molar-refractivity contribution in [3.05, 3.63) is 35.9 Å². The van der Waals surface area contributed by atoms with E-state index in [9.17, 15) is 72.2 Å². The number of hydrogen-bond acceptors (Lipinski definition) is 23. The fourth-order valence-electron chi connectivity index (χ4n) is 12.9. The summed E-state index contributed by atoms with van der Waals surface area (Å²) in [6.45, 7) is 22.6. The van der Waals surface area contributed by atoms with Gasteiger partial charge in [0.25, 0.3) is 0 Å². The quantitative estimate of drug-likeness (QED) is 0.0324. The number of alkyl carbamates (subject to hydrolysis) is 1. The number of hydrogen-bond donors (Lipinski definition) is 11. The second-order valence-corrected chi connectivity index (χ2v) is 30.1. The molecule has 1 saturated heterocycles. The first-order valence-corrected chi connectivity index (χ1v) is 38.5. The molecule has 11 N–H and O–H groups in total. The average molecular weight is 1570 g/mol. The van der Waals surface area contributed by atoms with Gasteiger partial charge in [-0.15, -0.1) is 0 Å². The van der Waals surface area contributed by atoms with Gasteiger partial charge in [0.1, 0.15) is 36.8 Å². The number of ketones is 2. The molecule has 1 fully saturated rings. The molecular weight excluding hydrogens is 1440 g/mol. The Balaban J connectivity index is 1.99. The van der Waals surface area contributed by atoms with Gasteiger partial charge in [0, 0.05) is 99.8 Å². The number of Topliss-reactive ketones (excluding diaryl/α,β-unsaturated/α-hetero) is 2. The minimum absolute atomic E-state index is 0.00663. The van der Waals surface area contributed by atoms with Crippen molar-refractivity contribution >= 4 is 82.8 Å². The maximum absolute atomic E-state index is 14.6. The average Bonchev–Trinajstić information content (AvgIpc) is 1.77. The number of amides is 10. The van der Waals surface area contributed by atoms with Crippen LogP contribution in [0.1, 0.15) is 160 Å². The molecule has 1 heterocycles. The Kier molecular flexibility index (Phi) is 45.1. The van der Waals surface area contributed by atoms with Crippen LogP contribution < -0.4 is 53.2 Å². The Bertz CT molecular complexity index is 3150. The van der Waals surface area contributed by atoms with E-state index in [2.05, 4.69) is 53.2 Å². The molecular formula is C77H131N13O21. The predicted molar refractivity (Wildman–Crippen MR) is 413 cm³/mol. The lowest BCUT2D eigenvalue weighted by Gasteiger charge is -2.41. The smallest absolute Gasteiger partial charge is 0.407 e. The van der Waals surface area contributed by atoms with Gasteiger partial charge < -0.3 is 85.9 Å². The zero-order valence-electron chi connectivity index (χ0n) is 69.0. The summed E-state index contributed by atoms with van der Waals surface area (Å²) in [5, 5.41) is 36.8. The standard InChI is InChI=1S/C77H131N13O21/c1-20-49(7)66(89(16)72(101)64(47(3)4)86-71(100)65(48(5)6)88(14)15)57(107-18)44-63(96)90-39-25-29-56(90)67(108-19)50(8)68(97)85-54(43-52-27-23-22-24-28-52)69(98)79-35-26-40-110-74(104)51(9)83-61(94)31-30-53(73(102)103)84-62(95)33-37-81-75(105)111-46-55(70(99)80-38-42-106-17)87-77(12,13)59(92)45-82-76(10,11)58(91)32-36-78-60(93)34-41-109-21-2/h22-24,27-28,47-51,53-57,64-67,82,87H,20-21,25-26,29-46H2,1-19H3,(H,78,93)(H,79,98)(H,80,99)(H,81,105)(H,83,94)(H,84,95)(H,85,97)(H,86,100)(H,102,103)/t49-,50+,51?,53?,54-,55?,56-,57+,64?,65-,66-,67+/m0/s1. The summed E-state index contributed by atoms with van der Waals surface area (Å²) in [4.78, 5) is 192. The highest BCUT2D eigenvalue weighted by Crippen LogP contribution is 2.30. The SMILES string of the molecule is CCOCCC(=O)NCCC(=O)C(C)(C)NCC(=O)C(C)(C)NC(COC(=O)NCCC(=O)NC(CCC(=O)NC(C)C(=O)OCCCNC(=O)[C@H](Cc1ccccc1)NC(=O)[C@H](C)[C@@H](OC)[C@@H]1CCCN1C(=O)C[C@@H](OC)[C@H]([C@@H](C)CC)N(C)C(=O)C(NC(=O)[C@H](C(C)C)N(C)C)C(C)C)C(=O)O)C(=O)NCCOC. The summed E-state index contributed by atoms with van der Waals surface area (Å²) < 4.78 is 33.0. The molecule has 4 unspecified atom stereocenters. The van der Waals surface area contributed by atoms with E-state index in [4.69, 9.17) is 28.4 Å².